The lowest BCUT2D eigenvalue weighted by Gasteiger charge is -2.38. The Kier molecular flexibility index (Phi) is 7.99. The van der Waals surface area contributed by atoms with Gasteiger partial charge in [-0.25, -0.2) is 9.37 Å². The van der Waals surface area contributed by atoms with Crippen LogP contribution in [0.3, 0.4) is 0 Å². The van der Waals surface area contributed by atoms with E-state index in [0.717, 1.165) is 0 Å². The molecule has 1 amide bonds. The third-order valence-corrected chi connectivity index (χ3v) is 9.09. The molecule has 0 spiro atoms. The number of carbonyl (C=O) groups excluding carboxylic acids is 2. The van der Waals surface area contributed by atoms with Crippen molar-refractivity contribution in [2.45, 2.75) is 29.5 Å². The summed E-state index contributed by atoms with van der Waals surface area (Å²) in [6, 6.07) is 9.88. The molecule has 14 heteroatoms. The maximum absolute atomic E-state index is 14.0. The van der Waals surface area contributed by atoms with Crippen molar-refractivity contribution < 1.29 is 14.0 Å². The number of carbonyl (C=O) groups is 2. The number of nitrogens with one attached hydrogen (secondary N) is 1. The van der Waals surface area contributed by atoms with Crippen molar-refractivity contribution in [3.05, 3.63) is 80.2 Å². The fraction of sp³-hybridized carbons (Fsp3) is 0.200. The van der Waals surface area contributed by atoms with Gasteiger partial charge in [0.2, 0.25) is 11.0 Å². The van der Waals surface area contributed by atoms with E-state index in [9.17, 15) is 19.2 Å². The Labute approximate surface area is 244 Å². The highest BCUT2D eigenvalue weighted by Crippen LogP contribution is 2.47. The number of Topliss-reactive ketones (excluding diaryl/α,β-unsaturated/α-hetero) is 1. The minimum atomic E-state index is -0.726. The van der Waals surface area contributed by atoms with E-state index in [1.165, 1.54) is 35.4 Å². The quantitative estimate of drug-likeness (QED) is 0.262. The Morgan fingerprint density at radius 1 is 1.36 bits per heavy atom. The summed E-state index contributed by atoms with van der Waals surface area (Å²) < 4.78 is 14.7. The van der Waals surface area contributed by atoms with Gasteiger partial charge >= 0.3 is 0 Å². The number of thioether (sulfide) groups is 1. The Balaban J connectivity index is 1.44. The van der Waals surface area contributed by atoms with Crippen LogP contribution < -0.4 is 16.0 Å². The van der Waals surface area contributed by atoms with Crippen LogP contribution in [0.15, 0.2) is 68.0 Å². The van der Waals surface area contributed by atoms with Crippen LogP contribution in [0.25, 0.3) is 0 Å². The molecule has 1 atom stereocenters. The molecule has 0 bridgehead atoms. The van der Waals surface area contributed by atoms with Crippen LogP contribution in [0.5, 0.6) is 0 Å². The highest BCUT2D eigenvalue weighted by molar-refractivity contribution is 9.10. The van der Waals surface area contributed by atoms with Crippen molar-refractivity contribution in [1.29, 1.82) is 5.26 Å². The van der Waals surface area contributed by atoms with Gasteiger partial charge in [0.05, 0.1) is 33.5 Å². The number of benzene rings is 1. The van der Waals surface area contributed by atoms with Crippen molar-refractivity contribution in [2.75, 3.05) is 16.0 Å². The first-order valence-electron chi connectivity index (χ1n) is 11.6. The molecule has 5 rings (SSSR count). The number of nitrogens with two attached hydrogens (primary N) is 1. The smallest absolute Gasteiger partial charge is 0.234 e. The van der Waals surface area contributed by atoms with Gasteiger partial charge in [-0.05, 0) is 58.6 Å². The van der Waals surface area contributed by atoms with Gasteiger partial charge in [0.15, 0.2) is 15.3 Å². The molecule has 0 radical (unpaired) electrons. The third kappa shape index (κ3) is 5.42. The Hall–Kier alpha value is -3.31. The van der Waals surface area contributed by atoms with Crippen molar-refractivity contribution in [3.63, 3.8) is 0 Å². The molecule has 0 fully saturated rings. The summed E-state index contributed by atoms with van der Waals surface area (Å²) in [5, 5.41) is 21.8. The molecule has 3 heterocycles. The fourth-order valence-corrected chi connectivity index (χ4v) is 6.72. The lowest BCUT2D eigenvalue weighted by atomic mass is 9.76. The number of aromatic nitrogens is 3. The number of nitrogens with zero attached hydrogens (tertiary/aromatic N) is 5. The second-order valence-corrected chi connectivity index (χ2v) is 11.9. The van der Waals surface area contributed by atoms with Gasteiger partial charge in [-0.2, -0.15) is 5.26 Å². The van der Waals surface area contributed by atoms with Crippen LogP contribution in [-0.4, -0.2) is 32.6 Å². The van der Waals surface area contributed by atoms with Gasteiger partial charge in [0.1, 0.15) is 11.6 Å². The standard InChI is InChI=1S/C25H18BrClFN7O2S2/c26-14-9-12(6-7-15(14)28)20-13(10-29)23(30)35(17-4-1-5-18(36)21(17)20)24-33-34-25(39-24)38-11-19(37)32-16-3-2-8-31-22(16)27/h2-3,6-9,20H,1,4-5,11,30H2,(H,32,37). The SMILES string of the molecule is N#CC1=C(N)N(c2nnc(SCC(=O)Nc3cccnc3Cl)s2)C2=C(C(=O)CCC2)C1c1ccc(F)c(Br)c1. The maximum atomic E-state index is 14.0. The Morgan fingerprint density at radius 3 is 2.92 bits per heavy atom. The number of ketones is 1. The van der Waals surface area contributed by atoms with Crippen LogP contribution in [0.2, 0.25) is 5.15 Å². The van der Waals surface area contributed by atoms with E-state index in [1.54, 1.807) is 29.2 Å². The summed E-state index contributed by atoms with van der Waals surface area (Å²) in [5.41, 5.74) is 8.79. The average molecular weight is 647 g/mol. The number of hydrogen-bond acceptors (Lipinski definition) is 10. The number of halogens is 3. The van der Waals surface area contributed by atoms with Crippen LogP contribution >= 0.6 is 50.6 Å². The second kappa shape index (κ2) is 11.4. The topological polar surface area (TPSA) is 138 Å². The summed E-state index contributed by atoms with van der Waals surface area (Å²) in [4.78, 5) is 31.2. The van der Waals surface area contributed by atoms with Crippen LogP contribution in [0.4, 0.5) is 15.2 Å². The van der Waals surface area contributed by atoms with Gasteiger partial charge in [-0.15, -0.1) is 10.2 Å². The number of amides is 1. The first-order chi connectivity index (χ1) is 18.8. The molecule has 198 valence electrons. The molecule has 1 aliphatic heterocycles. The molecule has 1 unspecified atom stereocenters. The zero-order chi connectivity index (χ0) is 27.7. The van der Waals surface area contributed by atoms with E-state index < -0.39 is 11.7 Å². The minimum Gasteiger partial charge on any atom is -0.384 e. The minimum absolute atomic E-state index is 0.0442. The van der Waals surface area contributed by atoms with Crippen molar-refractivity contribution in [1.82, 2.24) is 15.2 Å². The summed E-state index contributed by atoms with van der Waals surface area (Å²) in [7, 11) is 0. The number of anilines is 2. The second-order valence-electron chi connectivity index (χ2n) is 8.52. The van der Waals surface area contributed by atoms with Crippen LogP contribution in [0, 0.1) is 17.1 Å². The van der Waals surface area contributed by atoms with E-state index >= 15 is 0 Å². The first kappa shape index (κ1) is 27.3. The predicted octanol–water partition coefficient (Wildman–Crippen LogP) is 5.52. The fourth-order valence-electron chi connectivity index (χ4n) is 4.47. The molecule has 9 nitrogen and oxygen atoms in total. The largest absolute Gasteiger partial charge is 0.384 e. The van der Waals surface area contributed by atoms with Crippen molar-refractivity contribution in [3.8, 4) is 6.07 Å². The predicted molar refractivity (Wildman–Crippen MR) is 151 cm³/mol. The number of nitriles is 1. The lowest BCUT2D eigenvalue weighted by molar-refractivity contribution is -0.116. The molecule has 3 N–H and O–H groups in total. The van der Waals surface area contributed by atoms with E-state index in [2.05, 4.69) is 42.5 Å². The third-order valence-electron chi connectivity index (χ3n) is 6.14. The van der Waals surface area contributed by atoms with Gasteiger partial charge < -0.3 is 11.1 Å². The van der Waals surface area contributed by atoms with E-state index in [-0.39, 0.29) is 38.5 Å². The molecule has 1 aliphatic carbocycles. The van der Waals surface area contributed by atoms with Crippen LogP contribution in [-0.2, 0) is 9.59 Å². The summed E-state index contributed by atoms with van der Waals surface area (Å²) in [5.74, 6) is -1.40. The summed E-state index contributed by atoms with van der Waals surface area (Å²) >= 11 is 11.6. The molecule has 3 aromatic rings. The first-order valence-corrected chi connectivity index (χ1v) is 14.5. The Morgan fingerprint density at radius 2 is 2.18 bits per heavy atom. The van der Waals surface area contributed by atoms with Crippen LogP contribution in [0.1, 0.15) is 30.7 Å². The van der Waals surface area contributed by atoms with E-state index in [4.69, 9.17) is 17.3 Å². The van der Waals surface area contributed by atoms with E-state index in [1.807, 2.05) is 0 Å². The molecular formula is C25H18BrClFN7O2S2. The monoisotopic (exact) mass is 645 g/mol. The van der Waals surface area contributed by atoms with E-state index in [0.29, 0.717) is 51.3 Å². The normalized spacial score (nSPS) is 17.2. The maximum Gasteiger partial charge on any atom is 0.234 e. The van der Waals surface area contributed by atoms with Crippen molar-refractivity contribution in [2.24, 2.45) is 5.73 Å². The van der Waals surface area contributed by atoms with Gasteiger partial charge in [-0.1, -0.05) is 40.8 Å². The molecule has 1 aromatic carbocycles. The highest BCUT2D eigenvalue weighted by Gasteiger charge is 2.41. The molecule has 0 saturated carbocycles. The molecular weight excluding hydrogens is 629 g/mol. The van der Waals surface area contributed by atoms with Gasteiger partial charge in [-0.3, -0.25) is 14.5 Å². The number of pyridine rings is 1. The Bertz CT molecular complexity index is 1600. The van der Waals surface area contributed by atoms with Gasteiger partial charge in [0.25, 0.3) is 0 Å². The molecule has 2 aliphatic rings. The zero-order valence-electron chi connectivity index (χ0n) is 20.0. The number of rotatable bonds is 6. The molecule has 0 saturated heterocycles. The highest BCUT2D eigenvalue weighted by atomic mass is 79.9. The summed E-state index contributed by atoms with van der Waals surface area (Å²) in [6.07, 6.45) is 3.00. The number of hydrogen-bond donors (Lipinski definition) is 2. The zero-order valence-corrected chi connectivity index (χ0v) is 23.9. The summed E-state index contributed by atoms with van der Waals surface area (Å²) in [6.45, 7) is 0. The lowest BCUT2D eigenvalue weighted by Crippen LogP contribution is -2.38. The average Bonchev–Trinajstić information content (AvgIpc) is 3.38. The van der Waals surface area contributed by atoms with Crippen molar-refractivity contribution >= 4 is 73.1 Å². The van der Waals surface area contributed by atoms with Gasteiger partial charge in [0, 0.05) is 23.9 Å². The number of allylic oxidation sites excluding steroid dienone is 3. The molecule has 2 aromatic heterocycles. The molecule has 39 heavy (non-hydrogen) atoms.